The number of phenolic OH excluding ortho intramolecular Hbond substituents is 2. The maximum Gasteiger partial charge on any atom is 0.305 e. The molecule has 6 aromatic carbocycles. The molecule has 1 saturated heterocycles. The number of primary amides is 1. The number of aromatic hydroxyl groups is 2. The molecule has 37 nitrogen and oxygen atoms in total. The standard InChI is InChI=1S/C92H110N18O19S/c1-8-9-29-72-90(127)106(4)48-77(114)99-68(44-80(117)118)86(123)105-81(53(2)3)92(129)108(6)74(38-55-23-15-11-16-24-55)87(124)103-70-40-58-32-35-62(112)43-73(58)110(89(70)126)49-78(115)98-66(41-59-45-95-64-28-20-19-27-63(59)64)84(121)101-65(36-57-30-33-61(111)34-31-57)83(120)102-67(42-60-46-94-52-97-60)85(122)104-71(82(119)96-47-76(93)113)50-130-51-79(116)100-69(37-54-21-13-10-14-22-54)88(125)109(7)75(91(128)107(72)5)39-56-25-17-12-18-26-56/h10-28,30-35,43,45-46,52-53,65-72,74-75,81,95,111-112H,8-9,29,36-42,44,47-51H2,1-7H3,(H2,93,113)(H,94,97)(H,96,119)(H,98,115)(H,99,114)(H,100,116)(H,101,121)(H,102,120)(H,103,124)(H,104,122)(H,105,123)(H,117,118)/t65?,66-,67-,68-,69-,70-,71-,72-,74-,75-,81-/m0/s1. The summed E-state index contributed by atoms with van der Waals surface area (Å²) in [6, 6.07) is 25.1. The number of para-hydroxylation sites is 1. The number of phenols is 2. The summed E-state index contributed by atoms with van der Waals surface area (Å²) in [7, 11) is 5.26. The van der Waals surface area contributed by atoms with Gasteiger partial charge in [0.25, 0.3) is 0 Å². The summed E-state index contributed by atoms with van der Waals surface area (Å²) < 4.78 is 0. The Bertz CT molecular complexity index is 5380. The fraction of sp³-hybridized carbons (Fsp3) is 0.380. The predicted molar refractivity (Wildman–Crippen MR) is 480 cm³/mol. The Balaban J connectivity index is 1.04. The monoisotopic (exact) mass is 1800 g/mol. The van der Waals surface area contributed by atoms with E-state index in [1.54, 1.807) is 135 Å². The number of carboxylic acid groups (broad SMARTS) is 1. The third kappa shape index (κ3) is 27.1. The van der Waals surface area contributed by atoms with Crippen molar-refractivity contribution in [1.82, 2.24) is 82.4 Å². The molecule has 1 unspecified atom stereocenters. The third-order valence-electron chi connectivity index (χ3n) is 22.5. The number of nitrogens with one attached hydrogen (secondary N) is 11. The molecule has 10 rings (SSSR count). The van der Waals surface area contributed by atoms with Gasteiger partial charge < -0.3 is 103 Å². The van der Waals surface area contributed by atoms with Crippen molar-refractivity contribution >= 4 is 123 Å². The Labute approximate surface area is 754 Å². The molecule has 16 N–H and O–H groups in total. The highest BCUT2D eigenvalue weighted by Gasteiger charge is 2.44. The Morgan fingerprint density at radius 2 is 1.06 bits per heavy atom. The first kappa shape index (κ1) is 97.7. The van der Waals surface area contributed by atoms with Gasteiger partial charge in [0, 0.05) is 108 Å². The number of fused-ring (bicyclic) bond motifs is 5. The van der Waals surface area contributed by atoms with Crippen LogP contribution < -0.4 is 58.5 Å². The summed E-state index contributed by atoms with van der Waals surface area (Å²) in [4.78, 5) is 251. The van der Waals surface area contributed by atoms with Crippen LogP contribution in [-0.4, -0.2) is 270 Å². The fourth-order valence-corrected chi connectivity index (χ4v) is 16.3. The number of hydrogen-bond donors (Lipinski definition) is 15. The van der Waals surface area contributed by atoms with E-state index in [4.69, 9.17) is 5.73 Å². The molecule has 15 amide bonds. The first-order chi connectivity index (χ1) is 62.1. The summed E-state index contributed by atoms with van der Waals surface area (Å²) in [5.41, 5.74) is 9.19. The predicted octanol–water partition coefficient (Wildman–Crippen LogP) is 1.13. The molecule has 2 aliphatic heterocycles. The van der Waals surface area contributed by atoms with Gasteiger partial charge in [-0.2, -0.15) is 0 Å². The maximum atomic E-state index is 15.5. The number of imidazole rings is 1. The number of likely N-dealkylation sites (N-methyl/N-ethyl adjacent to an activating group) is 4. The summed E-state index contributed by atoms with van der Waals surface area (Å²) >= 11 is 0.801. The minimum atomic E-state index is -1.91. The van der Waals surface area contributed by atoms with Crippen LogP contribution in [0.1, 0.15) is 85.5 Å². The van der Waals surface area contributed by atoms with Crippen LogP contribution in [0.4, 0.5) is 5.69 Å². The maximum absolute atomic E-state index is 15.5. The number of hydrogen-bond acceptors (Lipinski definition) is 20. The Morgan fingerprint density at radius 1 is 0.523 bits per heavy atom. The summed E-state index contributed by atoms with van der Waals surface area (Å²) in [6.45, 7) is 2.54. The van der Waals surface area contributed by atoms with E-state index in [0.29, 0.717) is 57.1 Å². The number of amides is 15. The molecule has 130 heavy (non-hydrogen) atoms. The lowest BCUT2D eigenvalue weighted by molar-refractivity contribution is -0.151. The number of aromatic amines is 2. The van der Waals surface area contributed by atoms with E-state index < -0.39 is 205 Å². The zero-order valence-corrected chi connectivity index (χ0v) is 73.8. The fourth-order valence-electron chi connectivity index (χ4n) is 15.4. The number of benzene rings is 6. The first-order valence-electron chi connectivity index (χ1n) is 42.5. The number of carboxylic acids is 1. The lowest BCUT2D eigenvalue weighted by Crippen LogP contribution is -2.62. The van der Waals surface area contributed by atoms with Crippen molar-refractivity contribution in [3.8, 4) is 11.5 Å². The van der Waals surface area contributed by atoms with Gasteiger partial charge in [0.05, 0.1) is 43.0 Å². The van der Waals surface area contributed by atoms with Gasteiger partial charge >= 0.3 is 5.97 Å². The van der Waals surface area contributed by atoms with Crippen LogP contribution in [-0.2, 0) is 122 Å². The molecule has 0 radical (unpaired) electrons. The summed E-state index contributed by atoms with van der Waals surface area (Å²) in [6.07, 6.45) is 2.43. The van der Waals surface area contributed by atoms with Crippen LogP contribution in [0.3, 0.4) is 0 Å². The van der Waals surface area contributed by atoms with Gasteiger partial charge in [0.15, 0.2) is 0 Å². The van der Waals surface area contributed by atoms with E-state index in [9.17, 15) is 44.1 Å². The van der Waals surface area contributed by atoms with Crippen LogP contribution >= 0.6 is 11.8 Å². The number of anilines is 1. The highest BCUT2D eigenvalue weighted by molar-refractivity contribution is 8.00. The normalized spacial score (nSPS) is 22.0. The van der Waals surface area contributed by atoms with E-state index in [2.05, 4.69) is 62.8 Å². The van der Waals surface area contributed by atoms with Gasteiger partial charge in [-0.05, 0) is 70.0 Å². The Hall–Kier alpha value is -14.5. The first-order valence-corrected chi connectivity index (χ1v) is 43.6. The molecule has 0 saturated carbocycles. The SMILES string of the molecule is CCCC[C@H]1C(=O)N(C)CC(=O)N[C@@H](CC(=O)O)C(=O)N[C@@H](C(C)C)C(=O)N(C)[C@@H](Cc2ccccc2)C(=O)N[C@H]2Cc3ccc(O)cc3N(CC(=O)N[C@@H](Cc3c[nH]c4ccccc34)C(=O)NC(Cc3ccc(O)cc3)C(=O)N[C@@H](Cc3c[nH]cn3)C(=O)N[C@H](C(=O)NCC(N)=O)CSCC(=O)N[C@@H](Cc3ccccc3)C(=O)N(C)[C@@H](Cc3ccccc3)C(=O)N1C)C2=O. The van der Waals surface area contributed by atoms with Gasteiger partial charge in [-0.1, -0.05) is 161 Å². The molecule has 0 spiro atoms. The molecule has 11 atom stereocenters. The van der Waals surface area contributed by atoms with Gasteiger partial charge in [0.1, 0.15) is 84.5 Å². The second-order valence-corrected chi connectivity index (χ2v) is 33.6. The van der Waals surface area contributed by atoms with Crippen LogP contribution in [0.5, 0.6) is 11.5 Å². The van der Waals surface area contributed by atoms with Crippen molar-refractivity contribution in [3.63, 3.8) is 0 Å². The lowest BCUT2D eigenvalue weighted by Gasteiger charge is -2.37. The lowest BCUT2D eigenvalue weighted by atomic mass is 9.95. The summed E-state index contributed by atoms with van der Waals surface area (Å²) in [5, 5.41) is 56.1. The molecule has 8 aromatic rings. The van der Waals surface area contributed by atoms with Crippen molar-refractivity contribution < 1.29 is 92.0 Å². The number of carbonyl (C=O) groups excluding carboxylic acids is 15. The van der Waals surface area contributed by atoms with Gasteiger partial charge in [0.2, 0.25) is 88.6 Å². The zero-order valence-electron chi connectivity index (χ0n) is 73.0. The van der Waals surface area contributed by atoms with Gasteiger partial charge in [-0.25, -0.2) is 4.98 Å². The van der Waals surface area contributed by atoms with Crippen LogP contribution in [0, 0.1) is 5.92 Å². The summed E-state index contributed by atoms with van der Waals surface area (Å²) in [5.74, 6) is -17.8. The minimum absolute atomic E-state index is 0.0252. The topological polar surface area (TPSA) is 529 Å². The van der Waals surface area contributed by atoms with Crippen LogP contribution in [0.2, 0.25) is 0 Å². The quantitative estimate of drug-likeness (QED) is 0.0479. The van der Waals surface area contributed by atoms with Gasteiger partial charge in [-0.15, -0.1) is 11.8 Å². The average Bonchev–Trinajstić information content (AvgIpc) is 0.809. The largest absolute Gasteiger partial charge is 0.508 e. The molecular weight excluding hydrogens is 1690 g/mol. The van der Waals surface area contributed by atoms with Crippen molar-refractivity contribution in [3.05, 3.63) is 216 Å². The molecule has 2 aromatic heterocycles. The van der Waals surface area contributed by atoms with Crippen LogP contribution in [0.25, 0.3) is 10.9 Å². The smallest absolute Gasteiger partial charge is 0.305 e. The molecule has 1 fully saturated rings. The number of aromatic nitrogens is 3. The number of aliphatic carboxylic acids is 1. The Kier molecular flexibility index (Phi) is 34.8. The zero-order chi connectivity index (χ0) is 94.0. The molecule has 2 aliphatic rings. The number of carbonyl (C=O) groups is 16. The molecule has 2 bridgehead atoms. The second kappa shape index (κ2) is 46.3. The molecular formula is C92H110N18O19S. The van der Waals surface area contributed by atoms with Crippen molar-refractivity contribution in [1.29, 1.82) is 0 Å². The van der Waals surface area contributed by atoms with E-state index in [-0.39, 0.29) is 74.2 Å². The minimum Gasteiger partial charge on any atom is -0.508 e. The van der Waals surface area contributed by atoms with Crippen molar-refractivity contribution in [2.45, 2.75) is 158 Å². The number of nitrogens with zero attached hydrogens (tertiary/aromatic N) is 6. The van der Waals surface area contributed by atoms with Crippen LogP contribution in [0.15, 0.2) is 176 Å². The van der Waals surface area contributed by atoms with Crippen molar-refractivity contribution in [2.75, 3.05) is 64.2 Å². The highest BCUT2D eigenvalue weighted by atomic mass is 32.2. The van der Waals surface area contributed by atoms with E-state index >= 15 is 47.9 Å². The Morgan fingerprint density at radius 3 is 1.68 bits per heavy atom. The second-order valence-electron chi connectivity index (χ2n) is 32.6. The van der Waals surface area contributed by atoms with Gasteiger partial charge in [-0.3, -0.25) is 76.7 Å². The third-order valence-corrected chi connectivity index (χ3v) is 23.6. The molecule has 0 aliphatic carbocycles. The number of H-pyrrole nitrogens is 2. The van der Waals surface area contributed by atoms with E-state index in [0.717, 1.165) is 31.4 Å². The average molecular weight is 1800 g/mol. The highest BCUT2D eigenvalue weighted by Crippen LogP contribution is 2.33. The number of thioether (sulfide) groups is 1. The molecule has 688 valence electrons. The number of rotatable bonds is 21. The molecule has 4 heterocycles. The number of nitrogens with two attached hydrogens (primary N) is 1. The van der Waals surface area contributed by atoms with E-state index in [1.165, 1.54) is 88.1 Å². The molecule has 38 heteroatoms. The number of unbranched alkanes of at least 4 members (excludes halogenated alkanes) is 1. The van der Waals surface area contributed by atoms with Crippen molar-refractivity contribution in [2.24, 2.45) is 11.7 Å². The van der Waals surface area contributed by atoms with E-state index in [1.807, 2.05) is 6.92 Å².